The maximum Gasteiger partial charge on any atom is 0.353 e. The smallest absolute Gasteiger partial charge is 0.353 e. The van der Waals surface area contributed by atoms with E-state index < -0.39 is 59.6 Å². The summed E-state index contributed by atoms with van der Waals surface area (Å²) in [6, 6.07) is 3.57. The summed E-state index contributed by atoms with van der Waals surface area (Å²) < 4.78 is 27.5. The zero-order valence-corrected chi connectivity index (χ0v) is 22.1. The first-order valence-corrected chi connectivity index (χ1v) is 12.7. The van der Waals surface area contributed by atoms with Crippen molar-refractivity contribution < 1.29 is 53.1 Å². The summed E-state index contributed by atoms with van der Waals surface area (Å²) in [6.45, 7) is 3.00. The van der Waals surface area contributed by atoms with Crippen LogP contribution in [-0.2, 0) is 45.2 Å². The van der Waals surface area contributed by atoms with Crippen molar-refractivity contribution in [2.75, 3.05) is 20.7 Å². The molecular formula is C27H31NO11. The van der Waals surface area contributed by atoms with Crippen LogP contribution in [0, 0.1) is 0 Å². The van der Waals surface area contributed by atoms with Crippen LogP contribution in [0.15, 0.2) is 24.0 Å². The van der Waals surface area contributed by atoms with Gasteiger partial charge in [-0.2, -0.15) is 0 Å². The second-order valence-electron chi connectivity index (χ2n) is 10.5. The van der Waals surface area contributed by atoms with E-state index in [0.717, 1.165) is 18.1 Å². The molecule has 0 aromatic heterocycles. The van der Waals surface area contributed by atoms with Crippen LogP contribution in [0.2, 0.25) is 0 Å². The normalized spacial score (nSPS) is 29.6. The van der Waals surface area contributed by atoms with Crippen molar-refractivity contribution >= 4 is 23.9 Å². The number of nitrogens with zero attached hydrogens (tertiary/aromatic N) is 1. The average Bonchev–Trinajstić information content (AvgIpc) is 3.22. The fourth-order valence-electron chi connectivity index (χ4n) is 6.63. The van der Waals surface area contributed by atoms with E-state index in [1.54, 1.807) is 6.08 Å². The molecule has 1 spiro atoms. The molecule has 1 aromatic rings. The van der Waals surface area contributed by atoms with E-state index in [2.05, 4.69) is 4.90 Å². The minimum Gasteiger partial charge on any atom is -0.493 e. The third-order valence-corrected chi connectivity index (χ3v) is 8.33. The van der Waals surface area contributed by atoms with E-state index in [1.807, 2.05) is 19.2 Å². The summed E-state index contributed by atoms with van der Waals surface area (Å²) in [6.07, 6.45) is -2.07. The number of likely N-dealkylation sites (tertiary alicyclic amines) is 1. The van der Waals surface area contributed by atoms with Crippen LogP contribution in [0.3, 0.4) is 0 Å². The molecule has 1 saturated heterocycles. The topological polar surface area (TPSA) is 158 Å². The summed E-state index contributed by atoms with van der Waals surface area (Å²) in [5.74, 6) is -3.30. The van der Waals surface area contributed by atoms with E-state index in [9.17, 15) is 29.4 Å². The van der Waals surface area contributed by atoms with Gasteiger partial charge in [-0.3, -0.25) is 9.59 Å². The van der Waals surface area contributed by atoms with Gasteiger partial charge < -0.3 is 38.8 Å². The Kier molecular flexibility index (Phi) is 6.58. The van der Waals surface area contributed by atoms with Gasteiger partial charge in [-0.25, -0.2) is 9.59 Å². The number of hydrogen-bond donors (Lipinski definition) is 2. The molecule has 2 bridgehead atoms. The average molecular weight is 546 g/mol. The van der Waals surface area contributed by atoms with E-state index in [1.165, 1.54) is 14.0 Å². The standard InChI is InChI=1S/C27H31NO11/c1-13(36-14(2)29)24(32)38-18(12-20(30)31)25(33)37-17-7-8-27(34)19-11-15-5-6-16(35-4)22-21(15)26(27,23(17)39-22)9-10-28(19)3/h5-7,13,18-19,23,34H,8-12H2,1-4H3,(H,30,31)/t13-,18-,19+,23?,26?,27+/m0/s1. The number of carboxylic acids is 1. The number of methoxy groups -OCH3 is 1. The van der Waals surface area contributed by atoms with Gasteiger partial charge in [0.1, 0.15) is 5.76 Å². The Bertz CT molecular complexity index is 1270. The minimum atomic E-state index is -1.81. The van der Waals surface area contributed by atoms with E-state index in [-0.39, 0.29) is 18.2 Å². The fourth-order valence-corrected chi connectivity index (χ4v) is 6.63. The van der Waals surface area contributed by atoms with Gasteiger partial charge >= 0.3 is 23.9 Å². The van der Waals surface area contributed by atoms with Crippen molar-refractivity contribution in [1.82, 2.24) is 4.90 Å². The number of hydrogen-bond acceptors (Lipinski definition) is 11. The van der Waals surface area contributed by atoms with Crippen molar-refractivity contribution in [2.24, 2.45) is 0 Å². The van der Waals surface area contributed by atoms with Crippen LogP contribution < -0.4 is 9.47 Å². The van der Waals surface area contributed by atoms with Crippen LogP contribution >= 0.6 is 0 Å². The maximum atomic E-state index is 13.2. The molecule has 6 atom stereocenters. The van der Waals surface area contributed by atoms with Gasteiger partial charge in [0.25, 0.3) is 0 Å². The van der Waals surface area contributed by atoms with Crippen molar-refractivity contribution in [3.63, 3.8) is 0 Å². The molecule has 39 heavy (non-hydrogen) atoms. The lowest BCUT2D eigenvalue weighted by molar-refractivity contribution is -0.182. The molecule has 1 fully saturated rings. The number of carbonyl (C=O) groups is 4. The number of aliphatic hydroxyl groups is 1. The molecule has 2 aliphatic heterocycles. The molecule has 0 amide bonds. The Labute approximate surface area is 224 Å². The number of carboxylic acid groups (broad SMARTS) is 1. The molecule has 2 aliphatic carbocycles. The predicted molar refractivity (Wildman–Crippen MR) is 131 cm³/mol. The second-order valence-corrected chi connectivity index (χ2v) is 10.5. The van der Waals surface area contributed by atoms with Gasteiger partial charge in [0.05, 0.1) is 24.5 Å². The molecule has 0 saturated carbocycles. The van der Waals surface area contributed by atoms with Gasteiger partial charge in [-0.1, -0.05) is 6.07 Å². The zero-order chi connectivity index (χ0) is 28.3. The summed E-state index contributed by atoms with van der Waals surface area (Å²) in [7, 11) is 3.49. The molecule has 210 valence electrons. The molecule has 5 rings (SSSR count). The monoisotopic (exact) mass is 545 g/mol. The number of likely N-dealkylation sites (N-methyl/N-ethyl adjacent to an activating group) is 1. The molecule has 12 nitrogen and oxygen atoms in total. The molecule has 2 unspecified atom stereocenters. The molecule has 2 N–H and O–H groups in total. The number of carbonyl (C=O) groups excluding carboxylic acids is 3. The van der Waals surface area contributed by atoms with Crippen LogP contribution in [0.5, 0.6) is 11.5 Å². The van der Waals surface area contributed by atoms with Gasteiger partial charge in [0.2, 0.25) is 6.10 Å². The maximum absolute atomic E-state index is 13.2. The van der Waals surface area contributed by atoms with Gasteiger partial charge in [0, 0.05) is 24.9 Å². The second kappa shape index (κ2) is 9.53. The Morgan fingerprint density at radius 2 is 1.95 bits per heavy atom. The summed E-state index contributed by atoms with van der Waals surface area (Å²) in [5.41, 5.74) is -0.310. The third-order valence-electron chi connectivity index (χ3n) is 8.33. The largest absolute Gasteiger partial charge is 0.493 e. The molecule has 0 radical (unpaired) electrons. The quantitative estimate of drug-likeness (QED) is 0.351. The number of esters is 3. The SMILES string of the molecule is COc1ccc2c3c1OC1C(OC(=O)[C@H](CC(=O)O)OC(=O)[C@H](C)OC(C)=O)=CC[C@@]4(O)[C@@H](C2)N(C)CCC314. The first-order valence-electron chi connectivity index (χ1n) is 12.7. The van der Waals surface area contributed by atoms with E-state index in [0.29, 0.717) is 30.9 Å². The van der Waals surface area contributed by atoms with Gasteiger partial charge in [-0.15, -0.1) is 0 Å². The van der Waals surface area contributed by atoms with Crippen molar-refractivity contribution in [2.45, 2.75) is 74.9 Å². The van der Waals surface area contributed by atoms with Crippen molar-refractivity contribution in [1.29, 1.82) is 0 Å². The summed E-state index contributed by atoms with van der Waals surface area (Å²) in [5, 5.41) is 21.6. The van der Waals surface area contributed by atoms with E-state index in [4.69, 9.17) is 23.7 Å². The highest BCUT2D eigenvalue weighted by Gasteiger charge is 2.72. The van der Waals surface area contributed by atoms with Gasteiger partial charge in [0.15, 0.2) is 23.7 Å². The lowest BCUT2D eigenvalue weighted by Gasteiger charge is -2.61. The molecular weight excluding hydrogens is 514 g/mol. The Morgan fingerprint density at radius 3 is 2.62 bits per heavy atom. The van der Waals surface area contributed by atoms with Gasteiger partial charge in [-0.05, 0) is 51.1 Å². The highest BCUT2D eigenvalue weighted by Crippen LogP contribution is 2.65. The number of aliphatic carboxylic acids is 1. The number of rotatable bonds is 8. The summed E-state index contributed by atoms with van der Waals surface area (Å²) in [4.78, 5) is 50.4. The lowest BCUT2D eigenvalue weighted by atomic mass is 9.50. The minimum absolute atomic E-state index is 0.0959. The van der Waals surface area contributed by atoms with Crippen LogP contribution in [0.25, 0.3) is 0 Å². The third kappa shape index (κ3) is 4.04. The number of piperidine rings is 1. The Morgan fingerprint density at radius 1 is 1.21 bits per heavy atom. The zero-order valence-electron chi connectivity index (χ0n) is 22.1. The highest BCUT2D eigenvalue weighted by molar-refractivity contribution is 5.86. The Balaban J connectivity index is 1.48. The van der Waals surface area contributed by atoms with Crippen LogP contribution in [-0.4, -0.2) is 89.6 Å². The molecule has 2 heterocycles. The van der Waals surface area contributed by atoms with Crippen LogP contribution in [0.1, 0.15) is 44.2 Å². The highest BCUT2D eigenvalue weighted by atomic mass is 16.6. The fraction of sp³-hybridized carbons (Fsp3) is 0.556. The predicted octanol–water partition coefficient (Wildman–Crippen LogP) is 0.854. The van der Waals surface area contributed by atoms with Crippen LogP contribution in [0.4, 0.5) is 0 Å². The number of ether oxygens (including phenoxy) is 5. The first kappa shape index (κ1) is 26.9. The molecule has 12 heteroatoms. The lowest BCUT2D eigenvalue weighted by Crippen LogP contribution is -2.74. The Hall–Kier alpha value is -3.64. The molecule has 4 aliphatic rings. The van der Waals surface area contributed by atoms with Crippen molar-refractivity contribution in [3.8, 4) is 11.5 Å². The molecule has 1 aromatic carbocycles. The van der Waals surface area contributed by atoms with Crippen molar-refractivity contribution in [3.05, 3.63) is 35.1 Å². The first-order chi connectivity index (χ1) is 18.4. The van der Waals surface area contributed by atoms with E-state index >= 15 is 0 Å². The summed E-state index contributed by atoms with van der Waals surface area (Å²) >= 11 is 0. The number of benzene rings is 1.